The second-order valence-corrected chi connectivity index (χ2v) is 6.92. The number of amides is 1. The average Bonchev–Trinajstić information content (AvgIpc) is 3.20. The summed E-state index contributed by atoms with van der Waals surface area (Å²) in [6, 6.07) is 7.59. The molecule has 1 aliphatic rings. The third-order valence-corrected chi connectivity index (χ3v) is 4.93. The number of nitrogens with zero attached hydrogens (tertiary/aromatic N) is 3. The lowest BCUT2D eigenvalue weighted by Gasteiger charge is -2.25. The van der Waals surface area contributed by atoms with Gasteiger partial charge in [-0.05, 0) is 36.2 Å². The maximum absolute atomic E-state index is 12.2. The Hall–Kier alpha value is -2.45. The molecule has 1 fully saturated rings. The molecule has 8 heteroatoms. The fraction of sp³-hybridized carbons (Fsp3) is 0.421. The number of carbonyl (C=O) groups excluding carboxylic acids is 1. The molecule has 0 unspecified atom stereocenters. The van der Waals surface area contributed by atoms with Crippen LogP contribution in [0.1, 0.15) is 35.8 Å². The summed E-state index contributed by atoms with van der Waals surface area (Å²) < 4.78 is 11.0. The minimum absolute atomic E-state index is 0.318. The van der Waals surface area contributed by atoms with Crippen molar-refractivity contribution in [3.8, 4) is 5.75 Å². The number of hydrazone groups is 1. The molecule has 1 amide bonds. The smallest absolute Gasteiger partial charge is 0.290 e. The third kappa shape index (κ3) is 5.77. The van der Waals surface area contributed by atoms with E-state index in [2.05, 4.69) is 27.3 Å². The van der Waals surface area contributed by atoms with E-state index >= 15 is 0 Å². The van der Waals surface area contributed by atoms with Crippen LogP contribution >= 0.6 is 11.3 Å². The Kier molecular flexibility index (Phi) is 7.18. The van der Waals surface area contributed by atoms with E-state index in [-0.39, 0.29) is 5.91 Å². The van der Waals surface area contributed by atoms with Gasteiger partial charge in [-0.15, -0.1) is 11.3 Å². The molecular formula is C19H24N4O3S. The predicted molar refractivity (Wildman–Crippen MR) is 107 cm³/mol. The van der Waals surface area contributed by atoms with E-state index in [0.717, 1.165) is 49.0 Å². The largest absolute Gasteiger partial charge is 0.494 e. The molecule has 1 aliphatic heterocycles. The van der Waals surface area contributed by atoms with Crippen LogP contribution in [0, 0.1) is 0 Å². The van der Waals surface area contributed by atoms with Crippen LogP contribution in [-0.2, 0) is 4.74 Å². The molecule has 1 saturated heterocycles. The van der Waals surface area contributed by atoms with Crippen LogP contribution in [0.15, 0.2) is 34.7 Å². The lowest BCUT2D eigenvalue weighted by molar-refractivity contribution is 0.0951. The Morgan fingerprint density at radius 2 is 2.15 bits per heavy atom. The van der Waals surface area contributed by atoms with E-state index in [9.17, 15) is 4.79 Å². The molecule has 1 aromatic heterocycles. The number of aromatic nitrogens is 1. The lowest BCUT2D eigenvalue weighted by Crippen LogP contribution is -2.36. The van der Waals surface area contributed by atoms with E-state index in [0.29, 0.717) is 18.9 Å². The number of morpholine rings is 1. The van der Waals surface area contributed by atoms with E-state index in [1.165, 1.54) is 11.3 Å². The molecule has 0 saturated carbocycles. The van der Waals surface area contributed by atoms with Crippen molar-refractivity contribution in [3.05, 3.63) is 40.9 Å². The maximum Gasteiger partial charge on any atom is 0.290 e. The van der Waals surface area contributed by atoms with Gasteiger partial charge in [0.1, 0.15) is 11.4 Å². The Bertz CT molecular complexity index is 755. The van der Waals surface area contributed by atoms with Gasteiger partial charge in [0.05, 0.1) is 26.0 Å². The zero-order valence-corrected chi connectivity index (χ0v) is 16.2. The zero-order chi connectivity index (χ0) is 18.9. The van der Waals surface area contributed by atoms with Crippen molar-refractivity contribution >= 4 is 28.6 Å². The number of unbranched alkanes of at least 4 members (excludes halogenated alkanes) is 1. The summed E-state index contributed by atoms with van der Waals surface area (Å²) in [5, 5.41) is 6.60. The fourth-order valence-corrected chi connectivity index (χ4v) is 3.34. The number of carbonyl (C=O) groups is 1. The molecule has 0 radical (unpaired) electrons. The second-order valence-electron chi connectivity index (χ2n) is 6.08. The lowest BCUT2D eigenvalue weighted by atomic mass is 10.2. The number of benzene rings is 1. The Morgan fingerprint density at radius 3 is 2.89 bits per heavy atom. The summed E-state index contributed by atoms with van der Waals surface area (Å²) in [6.45, 7) is 5.82. The van der Waals surface area contributed by atoms with E-state index in [4.69, 9.17) is 9.47 Å². The van der Waals surface area contributed by atoms with Gasteiger partial charge in [-0.1, -0.05) is 13.3 Å². The summed E-state index contributed by atoms with van der Waals surface area (Å²) in [6.07, 6.45) is 3.75. The maximum atomic E-state index is 12.2. The molecule has 144 valence electrons. The van der Waals surface area contributed by atoms with Crippen molar-refractivity contribution in [3.63, 3.8) is 0 Å². The standard InChI is InChI=1S/C19H24N4O3S/c1-2-3-10-26-16-6-4-15(5-7-16)13-20-22-18(24)17-14-27-19(21-17)23-8-11-25-12-9-23/h4-7,13-14H,2-3,8-12H2,1H3,(H,22,24)/b20-13+. The molecule has 2 heterocycles. The number of rotatable bonds is 8. The van der Waals surface area contributed by atoms with Gasteiger partial charge in [-0.25, -0.2) is 10.4 Å². The first-order chi connectivity index (χ1) is 13.3. The molecular weight excluding hydrogens is 364 g/mol. The van der Waals surface area contributed by atoms with Crippen molar-refractivity contribution in [2.75, 3.05) is 37.8 Å². The fourth-order valence-electron chi connectivity index (χ4n) is 2.48. The van der Waals surface area contributed by atoms with Crippen LogP contribution < -0.4 is 15.1 Å². The summed E-state index contributed by atoms with van der Waals surface area (Å²) in [7, 11) is 0. The molecule has 0 aliphatic carbocycles. The van der Waals surface area contributed by atoms with Gasteiger partial charge in [0.2, 0.25) is 0 Å². The van der Waals surface area contributed by atoms with Crippen molar-refractivity contribution in [2.45, 2.75) is 19.8 Å². The number of nitrogens with one attached hydrogen (secondary N) is 1. The minimum Gasteiger partial charge on any atom is -0.494 e. The molecule has 0 bridgehead atoms. The summed E-state index contributed by atoms with van der Waals surface area (Å²) >= 11 is 1.46. The first-order valence-electron chi connectivity index (χ1n) is 9.11. The van der Waals surface area contributed by atoms with Gasteiger partial charge in [-0.3, -0.25) is 4.79 Å². The number of anilines is 1. The number of hydrogen-bond donors (Lipinski definition) is 1. The molecule has 1 aromatic carbocycles. The Morgan fingerprint density at radius 1 is 1.37 bits per heavy atom. The summed E-state index contributed by atoms with van der Waals surface area (Å²) in [5.41, 5.74) is 3.77. The molecule has 7 nitrogen and oxygen atoms in total. The van der Waals surface area contributed by atoms with Gasteiger partial charge in [0, 0.05) is 18.5 Å². The number of thiazole rings is 1. The highest BCUT2D eigenvalue weighted by atomic mass is 32.1. The topological polar surface area (TPSA) is 76.0 Å². The quantitative estimate of drug-likeness (QED) is 0.427. The molecule has 0 spiro atoms. The average molecular weight is 388 g/mol. The van der Waals surface area contributed by atoms with Gasteiger partial charge in [0.15, 0.2) is 5.13 Å². The van der Waals surface area contributed by atoms with Gasteiger partial charge in [0.25, 0.3) is 5.91 Å². The van der Waals surface area contributed by atoms with E-state index in [1.807, 2.05) is 24.3 Å². The molecule has 0 atom stereocenters. The van der Waals surface area contributed by atoms with Gasteiger partial charge >= 0.3 is 0 Å². The Labute approximate surface area is 163 Å². The highest BCUT2D eigenvalue weighted by Crippen LogP contribution is 2.21. The molecule has 1 N–H and O–H groups in total. The molecule has 27 heavy (non-hydrogen) atoms. The van der Waals surface area contributed by atoms with Crippen LogP contribution in [0.4, 0.5) is 5.13 Å². The highest BCUT2D eigenvalue weighted by Gasteiger charge is 2.17. The molecule has 2 aromatic rings. The van der Waals surface area contributed by atoms with E-state index in [1.54, 1.807) is 11.6 Å². The van der Waals surface area contributed by atoms with Crippen molar-refractivity contribution in [1.29, 1.82) is 0 Å². The third-order valence-electron chi connectivity index (χ3n) is 4.03. The van der Waals surface area contributed by atoms with Crippen molar-refractivity contribution in [2.24, 2.45) is 5.10 Å². The van der Waals surface area contributed by atoms with Crippen molar-refractivity contribution in [1.82, 2.24) is 10.4 Å². The van der Waals surface area contributed by atoms with Crippen LogP contribution in [0.25, 0.3) is 0 Å². The first kappa shape index (κ1) is 19.3. The SMILES string of the molecule is CCCCOc1ccc(/C=N/NC(=O)c2csc(N3CCOCC3)n2)cc1. The molecule has 3 rings (SSSR count). The highest BCUT2D eigenvalue weighted by molar-refractivity contribution is 7.13. The van der Waals surface area contributed by atoms with Crippen molar-refractivity contribution < 1.29 is 14.3 Å². The monoisotopic (exact) mass is 388 g/mol. The zero-order valence-electron chi connectivity index (χ0n) is 15.4. The van der Waals surface area contributed by atoms with Crippen LogP contribution in [0.5, 0.6) is 5.75 Å². The van der Waals surface area contributed by atoms with Crippen LogP contribution in [0.3, 0.4) is 0 Å². The van der Waals surface area contributed by atoms with Crippen LogP contribution in [0.2, 0.25) is 0 Å². The minimum atomic E-state index is -0.318. The van der Waals surface area contributed by atoms with E-state index < -0.39 is 0 Å². The van der Waals surface area contributed by atoms with Crippen LogP contribution in [-0.4, -0.2) is 50.0 Å². The first-order valence-corrected chi connectivity index (χ1v) is 9.98. The normalized spacial score (nSPS) is 14.5. The Balaban J connectivity index is 1.49. The number of hydrogen-bond acceptors (Lipinski definition) is 7. The predicted octanol–water partition coefficient (Wildman–Crippen LogP) is 2.92. The second kappa shape index (κ2) is 10.0. The number of ether oxygens (including phenoxy) is 2. The summed E-state index contributed by atoms with van der Waals surface area (Å²) in [4.78, 5) is 18.7. The summed E-state index contributed by atoms with van der Waals surface area (Å²) in [5.74, 6) is 0.518. The van der Waals surface area contributed by atoms with Gasteiger partial charge in [-0.2, -0.15) is 5.10 Å². The van der Waals surface area contributed by atoms with Gasteiger partial charge < -0.3 is 14.4 Å².